The number of ether oxygens (including phenoxy) is 3. The summed E-state index contributed by atoms with van der Waals surface area (Å²) in [6.07, 6.45) is 40.2. The molecule has 0 unspecified atom stereocenters. The Hall–Kier alpha value is -3.15. The molecule has 0 aliphatic heterocycles. The minimum atomic E-state index is -0.655. The largest absolute Gasteiger partial charge is 0.462 e. The van der Waals surface area contributed by atoms with Gasteiger partial charge in [-0.25, -0.2) is 14.4 Å². The summed E-state index contributed by atoms with van der Waals surface area (Å²) in [6, 6.07) is 4.37. The Bertz CT molecular complexity index is 1120. The molecule has 288 valence electrons. The fourth-order valence-electron chi connectivity index (χ4n) is 5.75. The predicted octanol–water partition coefficient (Wildman–Crippen LogP) is 13.2. The molecule has 0 aliphatic rings. The quantitative estimate of drug-likeness (QED) is 0.0313. The Morgan fingerprint density at radius 1 is 0.412 bits per heavy atom. The van der Waals surface area contributed by atoms with E-state index < -0.39 is 17.9 Å². The van der Waals surface area contributed by atoms with Crippen molar-refractivity contribution in [3.63, 3.8) is 0 Å². The van der Waals surface area contributed by atoms with Crippen LogP contribution >= 0.6 is 0 Å². The first-order valence-electron chi connectivity index (χ1n) is 20.6. The van der Waals surface area contributed by atoms with Crippen LogP contribution in [0.4, 0.5) is 0 Å². The maximum Gasteiger partial charge on any atom is 0.339 e. The van der Waals surface area contributed by atoms with Gasteiger partial charge in [-0.2, -0.15) is 0 Å². The van der Waals surface area contributed by atoms with Crippen LogP contribution in [0.25, 0.3) is 0 Å². The second kappa shape index (κ2) is 34.0. The summed E-state index contributed by atoms with van der Waals surface area (Å²) in [5, 5.41) is 0. The van der Waals surface area contributed by atoms with E-state index in [1.54, 1.807) is 0 Å². The average Bonchev–Trinajstić information content (AvgIpc) is 3.14. The molecule has 0 radical (unpaired) electrons. The molecule has 0 N–H and O–H groups in total. The van der Waals surface area contributed by atoms with Crippen LogP contribution in [-0.2, 0) is 14.2 Å². The van der Waals surface area contributed by atoms with Crippen LogP contribution in [0.2, 0.25) is 0 Å². The second-order valence-corrected chi connectivity index (χ2v) is 13.6. The molecule has 0 bridgehead atoms. The van der Waals surface area contributed by atoms with E-state index >= 15 is 0 Å². The summed E-state index contributed by atoms with van der Waals surface area (Å²) in [6.45, 7) is 7.31. The number of carbonyl (C=O) groups excluding carboxylic acids is 3. The van der Waals surface area contributed by atoms with E-state index in [0.29, 0.717) is 19.3 Å². The molecule has 0 amide bonds. The van der Waals surface area contributed by atoms with Gasteiger partial charge in [-0.05, 0) is 76.0 Å². The third-order valence-corrected chi connectivity index (χ3v) is 8.92. The Morgan fingerprint density at radius 3 is 1.16 bits per heavy atom. The standard InChI is InChI=1S/C45H72O6/c1-4-7-10-13-16-19-22-25-28-31-36-49-43(46)40-34-35-41(44(47)50-37-32-29-26-23-20-17-14-11-8-5-2)42(39-40)45(48)51-38-33-30-27-24-21-18-15-12-9-6-3/h25-30,34-35,39H,4-24,31-33,36-38H2,1-3H3/b28-25+,29-26+,30-27+. The number of hydrogen-bond acceptors (Lipinski definition) is 6. The molecule has 0 atom stereocenters. The van der Waals surface area contributed by atoms with Crippen molar-refractivity contribution in [2.75, 3.05) is 19.8 Å². The summed E-state index contributed by atoms with van der Waals surface area (Å²) in [5.41, 5.74) is 0.304. The molecule has 0 aliphatic carbocycles. The van der Waals surface area contributed by atoms with Gasteiger partial charge in [0, 0.05) is 0 Å². The van der Waals surface area contributed by atoms with Crippen LogP contribution in [0.3, 0.4) is 0 Å². The Kier molecular flexibility index (Phi) is 30.5. The van der Waals surface area contributed by atoms with Crippen molar-refractivity contribution in [2.45, 2.75) is 175 Å². The lowest BCUT2D eigenvalue weighted by atomic mass is 10.0. The number of hydrogen-bond donors (Lipinski definition) is 0. The van der Waals surface area contributed by atoms with Crippen molar-refractivity contribution in [1.29, 1.82) is 0 Å². The van der Waals surface area contributed by atoms with Gasteiger partial charge < -0.3 is 14.2 Å². The molecule has 0 heterocycles. The number of esters is 3. The van der Waals surface area contributed by atoms with E-state index in [1.807, 2.05) is 18.2 Å². The number of benzene rings is 1. The molecule has 1 rings (SSSR count). The van der Waals surface area contributed by atoms with Gasteiger partial charge in [-0.3, -0.25) is 0 Å². The Labute approximate surface area is 311 Å². The van der Waals surface area contributed by atoms with Crippen LogP contribution in [0.1, 0.15) is 206 Å². The third kappa shape index (κ3) is 25.5. The lowest BCUT2D eigenvalue weighted by Gasteiger charge is -2.11. The van der Waals surface area contributed by atoms with Gasteiger partial charge in [-0.15, -0.1) is 0 Å². The van der Waals surface area contributed by atoms with E-state index in [0.717, 1.165) is 19.3 Å². The van der Waals surface area contributed by atoms with E-state index in [1.165, 1.54) is 134 Å². The number of unbranched alkanes of at least 4 members (excludes halogenated alkanes) is 18. The first-order chi connectivity index (χ1) is 25.0. The molecule has 1 aromatic rings. The second-order valence-electron chi connectivity index (χ2n) is 13.6. The van der Waals surface area contributed by atoms with Crippen molar-refractivity contribution < 1.29 is 28.6 Å². The van der Waals surface area contributed by atoms with Crippen LogP contribution in [0.15, 0.2) is 54.7 Å². The van der Waals surface area contributed by atoms with Gasteiger partial charge in [0.1, 0.15) is 0 Å². The number of carbonyl (C=O) groups is 3. The monoisotopic (exact) mass is 709 g/mol. The summed E-state index contributed by atoms with van der Waals surface area (Å²) >= 11 is 0. The highest BCUT2D eigenvalue weighted by Gasteiger charge is 2.22. The Morgan fingerprint density at radius 2 is 0.745 bits per heavy atom. The third-order valence-electron chi connectivity index (χ3n) is 8.92. The van der Waals surface area contributed by atoms with Crippen LogP contribution in [-0.4, -0.2) is 37.7 Å². The van der Waals surface area contributed by atoms with Crippen molar-refractivity contribution >= 4 is 17.9 Å². The van der Waals surface area contributed by atoms with Gasteiger partial charge in [0.15, 0.2) is 0 Å². The van der Waals surface area contributed by atoms with Gasteiger partial charge in [0.2, 0.25) is 0 Å². The summed E-state index contributed by atoms with van der Waals surface area (Å²) in [4.78, 5) is 39.1. The molecule has 0 spiro atoms. The first kappa shape index (κ1) is 45.9. The van der Waals surface area contributed by atoms with Crippen molar-refractivity contribution in [2.24, 2.45) is 0 Å². The first-order valence-corrected chi connectivity index (χ1v) is 20.6. The van der Waals surface area contributed by atoms with Gasteiger partial charge >= 0.3 is 17.9 Å². The van der Waals surface area contributed by atoms with Gasteiger partial charge in [-0.1, -0.05) is 154 Å². The molecule has 0 aromatic heterocycles. The van der Waals surface area contributed by atoms with E-state index in [9.17, 15) is 14.4 Å². The van der Waals surface area contributed by atoms with E-state index in [4.69, 9.17) is 14.2 Å². The maximum absolute atomic E-state index is 13.2. The highest BCUT2D eigenvalue weighted by molar-refractivity contribution is 6.05. The average molecular weight is 709 g/mol. The maximum atomic E-state index is 13.2. The fourth-order valence-corrected chi connectivity index (χ4v) is 5.75. The molecule has 1 aromatic carbocycles. The van der Waals surface area contributed by atoms with Crippen LogP contribution in [0, 0.1) is 0 Å². The fraction of sp³-hybridized carbons (Fsp3) is 0.667. The SMILES string of the molecule is CCCCCCCC/C=C/CCOC(=O)c1ccc(C(=O)OCC/C=C/CCCCCCCC)c(C(=O)OCC/C=C/CCCCCCCC)c1. The number of rotatable bonds is 33. The lowest BCUT2D eigenvalue weighted by molar-refractivity contribution is 0.0461. The van der Waals surface area contributed by atoms with Gasteiger partial charge in [0.05, 0.1) is 36.5 Å². The summed E-state index contributed by atoms with van der Waals surface area (Å²) in [7, 11) is 0. The Balaban J connectivity index is 2.67. The molecule has 0 fully saturated rings. The topological polar surface area (TPSA) is 78.9 Å². The molecule has 0 saturated heterocycles. The van der Waals surface area contributed by atoms with Crippen molar-refractivity contribution in [3.05, 3.63) is 71.3 Å². The smallest absolute Gasteiger partial charge is 0.339 e. The minimum absolute atomic E-state index is 0.0166. The molecule has 6 nitrogen and oxygen atoms in total. The molecule has 51 heavy (non-hydrogen) atoms. The van der Waals surface area contributed by atoms with Crippen LogP contribution in [0.5, 0.6) is 0 Å². The molecular formula is C45H72O6. The van der Waals surface area contributed by atoms with E-state index in [-0.39, 0.29) is 36.5 Å². The molecule has 0 saturated carbocycles. The van der Waals surface area contributed by atoms with Crippen LogP contribution < -0.4 is 0 Å². The summed E-state index contributed by atoms with van der Waals surface area (Å²) in [5.74, 6) is -1.81. The minimum Gasteiger partial charge on any atom is -0.462 e. The summed E-state index contributed by atoms with van der Waals surface area (Å²) < 4.78 is 16.5. The lowest BCUT2D eigenvalue weighted by Crippen LogP contribution is -2.17. The van der Waals surface area contributed by atoms with Crippen molar-refractivity contribution in [1.82, 2.24) is 0 Å². The normalized spacial score (nSPS) is 11.6. The zero-order chi connectivity index (χ0) is 37.0. The highest BCUT2D eigenvalue weighted by atomic mass is 16.5. The zero-order valence-corrected chi connectivity index (χ0v) is 32.7. The molecular weight excluding hydrogens is 636 g/mol. The predicted molar refractivity (Wildman–Crippen MR) is 213 cm³/mol. The van der Waals surface area contributed by atoms with Crippen molar-refractivity contribution in [3.8, 4) is 0 Å². The highest BCUT2D eigenvalue weighted by Crippen LogP contribution is 2.17. The number of allylic oxidation sites excluding steroid dienone is 3. The van der Waals surface area contributed by atoms with E-state index in [2.05, 4.69) is 39.0 Å². The molecule has 6 heteroatoms. The van der Waals surface area contributed by atoms with Gasteiger partial charge in [0.25, 0.3) is 0 Å². The zero-order valence-electron chi connectivity index (χ0n) is 32.7.